The van der Waals surface area contributed by atoms with Crippen molar-refractivity contribution in [2.45, 2.75) is 53.4 Å². The van der Waals surface area contributed by atoms with Crippen LogP contribution < -0.4 is 0 Å². The smallest absolute Gasteiger partial charge is 0.200 e. The summed E-state index contributed by atoms with van der Waals surface area (Å²) >= 11 is 0. The lowest BCUT2D eigenvalue weighted by molar-refractivity contribution is 0.186. The summed E-state index contributed by atoms with van der Waals surface area (Å²) in [5.74, 6) is 0. The second-order valence-corrected chi connectivity index (χ2v) is 10.2. The topological polar surface area (TPSA) is 115 Å². The lowest BCUT2D eigenvalue weighted by Crippen LogP contribution is -1.91. The summed E-state index contributed by atoms with van der Waals surface area (Å²) in [5, 5.41) is 15.2. The van der Waals surface area contributed by atoms with Gasteiger partial charge in [-0.3, -0.25) is 9.13 Å². The molecule has 8 heteroatoms. The van der Waals surface area contributed by atoms with E-state index in [4.69, 9.17) is 20.0 Å². The van der Waals surface area contributed by atoms with Gasteiger partial charge in [-0.2, -0.15) is 0 Å². The van der Waals surface area contributed by atoms with Crippen molar-refractivity contribution in [1.29, 1.82) is 0 Å². The second kappa shape index (κ2) is 17.7. The molecule has 4 N–H and O–H groups in total. The van der Waals surface area contributed by atoms with Crippen LogP contribution in [0.15, 0.2) is 0 Å². The van der Waals surface area contributed by atoms with E-state index in [2.05, 4.69) is 0 Å². The molecule has 138 valence electrons. The Hall–Kier alpha value is 0.300. The number of hydrogen-bond donors (Lipinski definition) is 4. The van der Waals surface area contributed by atoms with Gasteiger partial charge < -0.3 is 20.0 Å². The lowest BCUT2D eigenvalue weighted by Gasteiger charge is -2.06. The second-order valence-electron chi connectivity index (χ2n) is 5.03. The minimum atomic E-state index is -2.69. The molecule has 0 aliphatic rings. The predicted octanol–water partition coefficient (Wildman–Crippen LogP) is 3.12. The van der Waals surface area contributed by atoms with Gasteiger partial charge in [0.05, 0.1) is 13.2 Å². The van der Waals surface area contributed by atoms with Crippen LogP contribution in [0.5, 0.6) is 0 Å². The van der Waals surface area contributed by atoms with Gasteiger partial charge in [-0.15, -0.1) is 0 Å². The molecule has 0 spiro atoms. The molecular formula is C14H36O6P2. The first-order chi connectivity index (χ1) is 10.2. The quantitative estimate of drug-likeness (QED) is 0.469. The average Bonchev–Trinajstić information content (AvgIpc) is 2.39. The van der Waals surface area contributed by atoms with E-state index >= 15 is 0 Å². The number of aliphatic hydroxyl groups is 2. The van der Waals surface area contributed by atoms with E-state index in [-0.39, 0.29) is 13.2 Å². The van der Waals surface area contributed by atoms with Crippen LogP contribution in [0, 0.1) is 0 Å². The van der Waals surface area contributed by atoms with Crippen molar-refractivity contribution < 1.29 is 29.1 Å². The minimum Gasteiger partial charge on any atom is -0.394 e. The molecule has 0 aromatic carbocycles. The Morgan fingerprint density at radius 3 is 0.864 bits per heavy atom. The van der Waals surface area contributed by atoms with Crippen LogP contribution in [0.4, 0.5) is 0 Å². The highest BCUT2D eigenvalue weighted by molar-refractivity contribution is 7.58. The third-order valence-electron chi connectivity index (χ3n) is 2.39. The van der Waals surface area contributed by atoms with E-state index < -0.39 is 14.7 Å². The number of aliphatic hydroxyl groups excluding tert-OH is 2. The van der Waals surface area contributed by atoms with E-state index in [1.165, 1.54) is 0 Å². The summed E-state index contributed by atoms with van der Waals surface area (Å²) in [6, 6.07) is 0. The molecule has 0 saturated heterocycles. The van der Waals surface area contributed by atoms with Gasteiger partial charge in [0.25, 0.3) is 0 Å². The van der Waals surface area contributed by atoms with Gasteiger partial charge in [0.2, 0.25) is 14.7 Å². The Kier molecular flexibility index (Phi) is 21.8. The molecule has 0 rings (SSSR count). The van der Waals surface area contributed by atoms with Gasteiger partial charge in [0.15, 0.2) is 0 Å². The first-order valence-electron chi connectivity index (χ1n) is 7.99. The van der Waals surface area contributed by atoms with Crippen molar-refractivity contribution in [2.24, 2.45) is 0 Å². The number of rotatable bonds is 9. The van der Waals surface area contributed by atoms with Gasteiger partial charge in [0.1, 0.15) is 0 Å². The van der Waals surface area contributed by atoms with Gasteiger partial charge in [-0.25, -0.2) is 0 Å². The third-order valence-corrected chi connectivity index (χ3v) is 6.98. The Morgan fingerprint density at radius 1 is 0.591 bits per heavy atom. The molecule has 0 fully saturated rings. The van der Waals surface area contributed by atoms with Crippen LogP contribution in [0.1, 0.15) is 53.4 Å². The maximum Gasteiger partial charge on any atom is 0.200 e. The molecule has 0 aliphatic carbocycles. The largest absolute Gasteiger partial charge is 0.394 e. The molecule has 0 radical (unpaired) electrons. The van der Waals surface area contributed by atoms with Crippen molar-refractivity contribution in [3.63, 3.8) is 0 Å². The van der Waals surface area contributed by atoms with Crippen LogP contribution in [0.3, 0.4) is 0 Å². The summed E-state index contributed by atoms with van der Waals surface area (Å²) in [6.45, 7) is 7.47. The van der Waals surface area contributed by atoms with E-state index in [1.54, 1.807) is 0 Å². The summed E-state index contributed by atoms with van der Waals surface area (Å²) < 4.78 is 21.9. The Bertz CT molecular complexity index is 260. The fraction of sp³-hybridized carbons (Fsp3) is 1.00. The zero-order chi connectivity index (χ0) is 18.1. The lowest BCUT2D eigenvalue weighted by atomic mass is 10.6. The fourth-order valence-electron chi connectivity index (χ4n) is 1.62. The summed E-state index contributed by atoms with van der Waals surface area (Å²) in [4.78, 5) is 18.1. The van der Waals surface area contributed by atoms with E-state index in [1.807, 2.05) is 27.7 Å². The van der Waals surface area contributed by atoms with Crippen LogP contribution in [0.2, 0.25) is 0 Å². The van der Waals surface area contributed by atoms with Crippen molar-refractivity contribution in [2.75, 3.05) is 37.9 Å². The average molecular weight is 362 g/mol. The molecule has 0 aliphatic heterocycles. The molecule has 0 unspecified atom stereocenters. The highest BCUT2D eigenvalue weighted by Gasteiger charge is 2.14. The fourth-order valence-corrected chi connectivity index (χ4v) is 4.86. The van der Waals surface area contributed by atoms with E-state index in [9.17, 15) is 9.13 Å². The van der Waals surface area contributed by atoms with Gasteiger partial charge in [-0.05, 0) is 25.7 Å². The van der Waals surface area contributed by atoms with Crippen molar-refractivity contribution in [3.05, 3.63) is 0 Å². The third kappa shape index (κ3) is 25.3. The van der Waals surface area contributed by atoms with Crippen molar-refractivity contribution in [1.82, 2.24) is 0 Å². The van der Waals surface area contributed by atoms with Crippen LogP contribution in [0.25, 0.3) is 0 Å². The Morgan fingerprint density at radius 2 is 0.773 bits per heavy atom. The van der Waals surface area contributed by atoms with E-state index in [0.717, 1.165) is 25.7 Å². The van der Waals surface area contributed by atoms with Crippen molar-refractivity contribution >= 4 is 14.7 Å². The van der Waals surface area contributed by atoms with Crippen LogP contribution >= 0.6 is 14.7 Å². The molecule has 0 saturated carbocycles. The molecule has 0 atom stereocenters. The number of hydrogen-bond acceptors (Lipinski definition) is 4. The monoisotopic (exact) mass is 362 g/mol. The van der Waals surface area contributed by atoms with Gasteiger partial charge in [-0.1, -0.05) is 27.7 Å². The highest BCUT2D eigenvalue weighted by atomic mass is 31.2. The predicted molar refractivity (Wildman–Crippen MR) is 94.5 cm³/mol. The normalized spacial score (nSPS) is 11.1. The maximum absolute atomic E-state index is 11.0. The summed E-state index contributed by atoms with van der Waals surface area (Å²) in [5.41, 5.74) is 0. The minimum absolute atomic E-state index is 0.125. The Balaban J connectivity index is -0.000000266. The first-order valence-corrected chi connectivity index (χ1v) is 12.1. The maximum atomic E-state index is 11.0. The molecule has 0 aromatic heterocycles. The zero-order valence-corrected chi connectivity index (χ0v) is 16.4. The molecule has 6 nitrogen and oxygen atoms in total. The standard InChI is InChI=1S/2C6H15O2P.C2H6O2/c2*1-3-5-9(7,8)6-4-2;3-1-2-4/h2*3-6H2,1-2H3,(H,7,8);3-4H,1-2H2. The molecule has 0 aromatic rings. The van der Waals surface area contributed by atoms with Gasteiger partial charge in [0, 0.05) is 24.6 Å². The summed E-state index contributed by atoms with van der Waals surface area (Å²) in [7, 11) is -5.39. The molecule has 0 heterocycles. The first kappa shape index (κ1) is 27.2. The van der Waals surface area contributed by atoms with Crippen molar-refractivity contribution in [3.8, 4) is 0 Å². The highest BCUT2D eigenvalue weighted by Crippen LogP contribution is 2.41. The van der Waals surface area contributed by atoms with Crippen LogP contribution in [-0.4, -0.2) is 57.9 Å². The summed E-state index contributed by atoms with van der Waals surface area (Å²) in [6.07, 6.45) is 5.20. The molecular weight excluding hydrogens is 326 g/mol. The Labute approximate surface area is 135 Å². The molecule has 0 bridgehead atoms. The SMILES string of the molecule is CCCP(=O)(O)CCC.CCCP(=O)(O)CCC.OCCO. The molecule has 0 amide bonds. The zero-order valence-electron chi connectivity index (χ0n) is 14.6. The van der Waals surface area contributed by atoms with E-state index in [0.29, 0.717) is 24.6 Å². The molecule has 22 heavy (non-hydrogen) atoms. The van der Waals surface area contributed by atoms with Gasteiger partial charge >= 0.3 is 0 Å². The van der Waals surface area contributed by atoms with Crippen LogP contribution in [-0.2, 0) is 9.13 Å².